The molecule has 1 saturated heterocycles. The monoisotopic (exact) mass is 431 g/mol. The van der Waals surface area contributed by atoms with Gasteiger partial charge in [-0.15, -0.1) is 0 Å². The molecule has 2 aromatic rings. The van der Waals surface area contributed by atoms with Crippen LogP contribution in [-0.4, -0.2) is 48.8 Å². The Labute approximate surface area is 176 Å². The maximum absolute atomic E-state index is 12.6. The third kappa shape index (κ3) is 5.22. The molecule has 30 heavy (non-hydrogen) atoms. The van der Waals surface area contributed by atoms with Crippen LogP contribution < -0.4 is 5.32 Å². The molecule has 2 heterocycles. The smallest absolute Gasteiger partial charge is 0.309 e. The lowest BCUT2D eigenvalue weighted by Gasteiger charge is -2.30. The quantitative estimate of drug-likeness (QED) is 0.704. The van der Waals surface area contributed by atoms with Gasteiger partial charge in [-0.05, 0) is 56.5 Å². The van der Waals surface area contributed by atoms with Crippen LogP contribution in [0.4, 0.5) is 5.69 Å². The van der Waals surface area contributed by atoms with Crippen LogP contribution >= 0.6 is 0 Å². The molecule has 0 radical (unpaired) electrons. The van der Waals surface area contributed by atoms with Crippen LogP contribution in [0.25, 0.3) is 0 Å². The second-order valence-corrected chi connectivity index (χ2v) is 9.24. The summed E-state index contributed by atoms with van der Waals surface area (Å²) in [5.74, 6) is -1.34. The van der Waals surface area contributed by atoms with Crippen LogP contribution in [-0.2, 0) is 24.3 Å². The third-order valence-electron chi connectivity index (χ3n) is 5.01. The van der Waals surface area contributed by atoms with Gasteiger partial charge in [0.15, 0.2) is 6.10 Å². The number of rotatable bonds is 6. The summed E-state index contributed by atoms with van der Waals surface area (Å²) in [5.41, 5.74) is 1.64. The Morgan fingerprint density at radius 1 is 1.20 bits per heavy atom. The van der Waals surface area contributed by atoms with E-state index in [9.17, 15) is 18.0 Å². The van der Waals surface area contributed by atoms with Gasteiger partial charge in [0.05, 0.1) is 5.92 Å². The van der Waals surface area contributed by atoms with Crippen LogP contribution in [0, 0.1) is 12.8 Å². The summed E-state index contributed by atoms with van der Waals surface area (Å²) in [4.78, 5) is 28.8. The SMILES string of the molecule is Cc1cccc(NC(=O)C(C)OC(=O)C2CCN(S(=O)(=O)c3cccnc3)CC2)c1. The molecule has 1 unspecified atom stereocenters. The van der Waals surface area contributed by atoms with Crippen LogP contribution in [0.2, 0.25) is 0 Å². The Hall–Kier alpha value is -2.78. The number of hydrogen-bond donors (Lipinski definition) is 1. The van der Waals surface area contributed by atoms with Gasteiger partial charge in [0.25, 0.3) is 5.91 Å². The summed E-state index contributed by atoms with van der Waals surface area (Å²) in [6.07, 6.45) is 2.55. The molecule has 0 aliphatic carbocycles. The molecule has 0 saturated carbocycles. The number of hydrogen-bond acceptors (Lipinski definition) is 6. The number of nitrogens with zero attached hydrogens (tertiary/aromatic N) is 2. The zero-order valence-electron chi connectivity index (χ0n) is 16.9. The van der Waals surface area contributed by atoms with Gasteiger partial charge < -0.3 is 10.1 Å². The Morgan fingerprint density at radius 3 is 2.57 bits per heavy atom. The summed E-state index contributed by atoms with van der Waals surface area (Å²) in [6.45, 7) is 3.85. The van der Waals surface area contributed by atoms with Crippen LogP contribution in [0.5, 0.6) is 0 Å². The predicted octanol–water partition coefficient (Wildman–Crippen LogP) is 2.36. The minimum atomic E-state index is -3.63. The number of ether oxygens (including phenoxy) is 1. The van der Waals surface area contributed by atoms with E-state index in [0.717, 1.165) is 5.56 Å². The molecule has 1 atom stereocenters. The van der Waals surface area contributed by atoms with Crippen molar-refractivity contribution < 1.29 is 22.7 Å². The van der Waals surface area contributed by atoms with Gasteiger partial charge in [-0.1, -0.05) is 12.1 Å². The Balaban J connectivity index is 1.52. The summed E-state index contributed by atoms with van der Waals surface area (Å²) in [6, 6.07) is 10.4. The molecule has 1 fully saturated rings. The number of anilines is 1. The van der Waals surface area contributed by atoms with Crippen molar-refractivity contribution in [2.75, 3.05) is 18.4 Å². The van der Waals surface area contributed by atoms with Crippen molar-refractivity contribution in [1.82, 2.24) is 9.29 Å². The van der Waals surface area contributed by atoms with Gasteiger partial charge in [-0.2, -0.15) is 4.31 Å². The fourth-order valence-electron chi connectivity index (χ4n) is 3.27. The molecular weight excluding hydrogens is 406 g/mol. The lowest BCUT2D eigenvalue weighted by atomic mass is 9.98. The predicted molar refractivity (Wildman–Crippen MR) is 111 cm³/mol. The molecule has 1 aliphatic heterocycles. The number of pyridine rings is 1. The van der Waals surface area contributed by atoms with E-state index in [1.165, 1.54) is 29.7 Å². The number of aromatic nitrogens is 1. The van der Waals surface area contributed by atoms with E-state index < -0.39 is 33.9 Å². The highest BCUT2D eigenvalue weighted by molar-refractivity contribution is 7.89. The van der Waals surface area contributed by atoms with E-state index in [1.54, 1.807) is 12.1 Å². The summed E-state index contributed by atoms with van der Waals surface area (Å²) in [7, 11) is -3.63. The molecule has 1 amide bonds. The number of amides is 1. The standard InChI is InChI=1S/C21H25N3O5S/c1-15-5-3-6-18(13-15)23-20(25)16(2)29-21(26)17-8-11-24(12-9-17)30(27,28)19-7-4-10-22-14-19/h3-7,10,13-14,16-17H,8-9,11-12H2,1-2H3,(H,23,25). The molecule has 1 N–H and O–H groups in total. The minimum Gasteiger partial charge on any atom is -0.452 e. The van der Waals surface area contributed by atoms with E-state index in [4.69, 9.17) is 4.74 Å². The molecule has 1 aliphatic rings. The zero-order valence-corrected chi connectivity index (χ0v) is 17.8. The number of benzene rings is 1. The van der Waals surface area contributed by atoms with Gasteiger partial charge in [-0.25, -0.2) is 8.42 Å². The maximum atomic E-state index is 12.6. The summed E-state index contributed by atoms with van der Waals surface area (Å²) >= 11 is 0. The highest BCUT2D eigenvalue weighted by Crippen LogP contribution is 2.24. The average Bonchev–Trinajstić information content (AvgIpc) is 2.74. The lowest BCUT2D eigenvalue weighted by molar-refractivity contribution is -0.158. The lowest BCUT2D eigenvalue weighted by Crippen LogP contribution is -2.41. The van der Waals surface area contributed by atoms with Gasteiger partial charge in [0.2, 0.25) is 10.0 Å². The molecule has 160 valence electrons. The van der Waals surface area contributed by atoms with Crippen molar-refractivity contribution in [3.8, 4) is 0 Å². The summed E-state index contributed by atoms with van der Waals surface area (Å²) in [5, 5.41) is 2.73. The molecule has 0 spiro atoms. The van der Waals surface area contributed by atoms with Crippen molar-refractivity contribution >= 4 is 27.6 Å². The topological polar surface area (TPSA) is 106 Å². The van der Waals surface area contributed by atoms with Crippen LogP contribution in [0.15, 0.2) is 53.7 Å². The first-order valence-corrected chi connectivity index (χ1v) is 11.2. The van der Waals surface area contributed by atoms with E-state index in [0.29, 0.717) is 18.5 Å². The van der Waals surface area contributed by atoms with Gasteiger partial charge in [0.1, 0.15) is 4.90 Å². The number of nitrogens with one attached hydrogen (secondary N) is 1. The second kappa shape index (κ2) is 9.36. The summed E-state index contributed by atoms with van der Waals surface area (Å²) < 4.78 is 32.0. The number of esters is 1. The normalized spacial score (nSPS) is 16.6. The molecule has 0 bridgehead atoms. The maximum Gasteiger partial charge on any atom is 0.309 e. The highest BCUT2D eigenvalue weighted by Gasteiger charge is 2.34. The van der Waals surface area contributed by atoms with Crippen molar-refractivity contribution in [3.05, 3.63) is 54.4 Å². The van der Waals surface area contributed by atoms with E-state index >= 15 is 0 Å². The fourth-order valence-corrected chi connectivity index (χ4v) is 4.71. The first kappa shape index (κ1) is 21.9. The molecule has 8 nitrogen and oxygen atoms in total. The molecule has 3 rings (SSSR count). The Kier molecular flexibility index (Phi) is 6.84. The minimum absolute atomic E-state index is 0.132. The molecule has 1 aromatic carbocycles. The van der Waals surface area contributed by atoms with Crippen molar-refractivity contribution in [2.45, 2.75) is 37.7 Å². The first-order chi connectivity index (χ1) is 14.3. The van der Waals surface area contributed by atoms with Gasteiger partial charge >= 0.3 is 5.97 Å². The Morgan fingerprint density at radius 2 is 1.93 bits per heavy atom. The highest BCUT2D eigenvalue weighted by atomic mass is 32.2. The number of sulfonamides is 1. The molecular formula is C21H25N3O5S. The van der Waals surface area contributed by atoms with Crippen molar-refractivity contribution in [3.63, 3.8) is 0 Å². The first-order valence-electron chi connectivity index (χ1n) is 9.75. The second-order valence-electron chi connectivity index (χ2n) is 7.30. The number of aryl methyl sites for hydroxylation is 1. The van der Waals surface area contributed by atoms with Crippen molar-refractivity contribution in [2.24, 2.45) is 5.92 Å². The molecule has 9 heteroatoms. The van der Waals surface area contributed by atoms with E-state index in [2.05, 4.69) is 10.3 Å². The van der Waals surface area contributed by atoms with Crippen LogP contribution in [0.3, 0.4) is 0 Å². The van der Waals surface area contributed by atoms with Crippen molar-refractivity contribution in [1.29, 1.82) is 0 Å². The zero-order chi connectivity index (χ0) is 21.7. The number of carbonyl (C=O) groups excluding carboxylic acids is 2. The van der Waals surface area contributed by atoms with Crippen LogP contribution in [0.1, 0.15) is 25.3 Å². The fraction of sp³-hybridized carbons (Fsp3) is 0.381. The largest absolute Gasteiger partial charge is 0.452 e. The Bertz CT molecular complexity index is 1000. The van der Waals surface area contributed by atoms with E-state index in [-0.39, 0.29) is 18.0 Å². The van der Waals surface area contributed by atoms with Gasteiger partial charge in [0, 0.05) is 31.2 Å². The number of piperidine rings is 1. The average molecular weight is 432 g/mol. The van der Waals surface area contributed by atoms with E-state index in [1.807, 2.05) is 25.1 Å². The molecule has 1 aromatic heterocycles. The third-order valence-corrected chi connectivity index (χ3v) is 6.89. The number of carbonyl (C=O) groups is 2. The van der Waals surface area contributed by atoms with Gasteiger partial charge in [-0.3, -0.25) is 14.6 Å².